The van der Waals surface area contributed by atoms with E-state index in [1.54, 1.807) is 18.7 Å². The first kappa shape index (κ1) is 15.3. The number of carboxylic acid groups (broad SMARTS) is 1. The Labute approximate surface area is 122 Å². The second kappa shape index (κ2) is 6.11. The fraction of sp³-hybridized carbons (Fsp3) is 0.692. The standard InChI is InChI=1S/C13H20N4O4/c1-9-12(17(20)21)13(15(2)14-9)16-7-3-4-10(8-16)5-6-11(18)19/h10H,3-8H2,1-2H3,(H,18,19). The summed E-state index contributed by atoms with van der Waals surface area (Å²) in [5, 5.41) is 24.2. The van der Waals surface area contributed by atoms with Gasteiger partial charge in [-0.3, -0.25) is 14.9 Å². The molecule has 8 heteroatoms. The Morgan fingerprint density at radius 2 is 2.29 bits per heavy atom. The van der Waals surface area contributed by atoms with Crippen molar-refractivity contribution >= 4 is 17.5 Å². The van der Waals surface area contributed by atoms with Crippen molar-refractivity contribution in [1.29, 1.82) is 0 Å². The first-order valence-corrected chi connectivity index (χ1v) is 7.05. The largest absolute Gasteiger partial charge is 0.481 e. The molecule has 1 atom stereocenters. The van der Waals surface area contributed by atoms with Crippen LogP contribution in [0.5, 0.6) is 0 Å². The lowest BCUT2D eigenvalue weighted by Gasteiger charge is -2.33. The third-order valence-electron chi connectivity index (χ3n) is 3.93. The van der Waals surface area contributed by atoms with Crippen LogP contribution in [-0.2, 0) is 11.8 Å². The van der Waals surface area contributed by atoms with Crippen LogP contribution in [0.15, 0.2) is 0 Å². The molecule has 0 radical (unpaired) electrons. The molecule has 1 aromatic heterocycles. The van der Waals surface area contributed by atoms with Crippen LogP contribution in [0.3, 0.4) is 0 Å². The number of hydrogen-bond donors (Lipinski definition) is 1. The van der Waals surface area contributed by atoms with E-state index in [4.69, 9.17) is 5.11 Å². The first-order valence-electron chi connectivity index (χ1n) is 7.05. The zero-order valence-corrected chi connectivity index (χ0v) is 12.3. The third-order valence-corrected chi connectivity index (χ3v) is 3.93. The van der Waals surface area contributed by atoms with Crippen LogP contribution in [0.25, 0.3) is 0 Å². The smallest absolute Gasteiger partial charge is 0.333 e. The predicted octanol–water partition coefficient (Wildman–Crippen LogP) is 1.72. The van der Waals surface area contributed by atoms with Crippen LogP contribution in [-0.4, -0.2) is 38.9 Å². The molecule has 2 heterocycles. The van der Waals surface area contributed by atoms with E-state index in [0.29, 0.717) is 24.5 Å². The molecule has 0 bridgehead atoms. The number of carboxylic acids is 1. The number of carbonyl (C=O) groups is 1. The Morgan fingerprint density at radius 3 is 2.90 bits per heavy atom. The Hall–Kier alpha value is -2.12. The van der Waals surface area contributed by atoms with Crippen LogP contribution in [0.1, 0.15) is 31.4 Å². The number of anilines is 1. The van der Waals surface area contributed by atoms with Crippen molar-refractivity contribution in [3.8, 4) is 0 Å². The van der Waals surface area contributed by atoms with Gasteiger partial charge in [0.25, 0.3) is 0 Å². The molecule has 0 aliphatic carbocycles. The van der Waals surface area contributed by atoms with Gasteiger partial charge in [-0.2, -0.15) is 5.10 Å². The SMILES string of the molecule is Cc1nn(C)c(N2CCCC(CCC(=O)O)C2)c1[N+](=O)[O-]. The van der Waals surface area contributed by atoms with Crippen molar-refractivity contribution in [2.75, 3.05) is 18.0 Å². The number of hydrogen-bond acceptors (Lipinski definition) is 5. The Morgan fingerprint density at radius 1 is 1.57 bits per heavy atom. The Balaban J connectivity index is 2.18. The van der Waals surface area contributed by atoms with Gasteiger partial charge in [-0.1, -0.05) is 0 Å². The molecule has 0 spiro atoms. The highest BCUT2D eigenvalue weighted by atomic mass is 16.6. The number of aromatic nitrogens is 2. The second-order valence-corrected chi connectivity index (χ2v) is 5.53. The molecule has 1 saturated heterocycles. The molecule has 0 saturated carbocycles. The number of nitro groups is 1. The van der Waals surface area contributed by atoms with Crippen molar-refractivity contribution in [2.45, 2.75) is 32.6 Å². The minimum atomic E-state index is -0.797. The number of nitrogens with zero attached hydrogens (tertiary/aromatic N) is 4. The zero-order valence-electron chi connectivity index (χ0n) is 12.3. The van der Waals surface area contributed by atoms with Gasteiger partial charge in [0.05, 0.1) is 4.92 Å². The topological polar surface area (TPSA) is 102 Å². The quantitative estimate of drug-likeness (QED) is 0.655. The number of rotatable bonds is 5. The highest BCUT2D eigenvalue weighted by molar-refractivity contribution is 5.66. The van der Waals surface area contributed by atoms with Gasteiger partial charge in [-0.05, 0) is 32.1 Å². The van der Waals surface area contributed by atoms with Crippen LogP contribution in [0.4, 0.5) is 11.5 Å². The van der Waals surface area contributed by atoms with E-state index in [1.807, 2.05) is 4.90 Å². The van der Waals surface area contributed by atoms with Gasteiger partial charge in [-0.25, -0.2) is 4.68 Å². The number of aryl methyl sites for hydroxylation is 2. The summed E-state index contributed by atoms with van der Waals surface area (Å²) >= 11 is 0. The second-order valence-electron chi connectivity index (χ2n) is 5.53. The molecular formula is C13H20N4O4. The minimum absolute atomic E-state index is 0.0522. The summed E-state index contributed by atoms with van der Waals surface area (Å²) < 4.78 is 1.55. The van der Waals surface area contributed by atoms with Crippen molar-refractivity contribution < 1.29 is 14.8 Å². The number of aliphatic carboxylic acids is 1. The molecule has 1 unspecified atom stereocenters. The maximum absolute atomic E-state index is 11.2. The summed E-state index contributed by atoms with van der Waals surface area (Å²) in [7, 11) is 1.70. The van der Waals surface area contributed by atoms with E-state index >= 15 is 0 Å². The van der Waals surface area contributed by atoms with E-state index < -0.39 is 10.9 Å². The van der Waals surface area contributed by atoms with Crippen LogP contribution in [0, 0.1) is 23.0 Å². The number of piperidine rings is 1. The fourth-order valence-corrected chi connectivity index (χ4v) is 3.02. The zero-order chi connectivity index (χ0) is 15.6. The molecular weight excluding hydrogens is 276 g/mol. The van der Waals surface area contributed by atoms with Crippen LogP contribution >= 0.6 is 0 Å². The fourth-order valence-electron chi connectivity index (χ4n) is 3.02. The summed E-state index contributed by atoms with van der Waals surface area (Å²) in [5.74, 6) is -0.0170. The van der Waals surface area contributed by atoms with Crippen molar-refractivity contribution in [3.63, 3.8) is 0 Å². The molecule has 8 nitrogen and oxygen atoms in total. The lowest BCUT2D eigenvalue weighted by atomic mass is 9.93. The minimum Gasteiger partial charge on any atom is -0.481 e. The Bertz CT molecular complexity index is 555. The highest BCUT2D eigenvalue weighted by Crippen LogP contribution is 2.34. The first-order chi connectivity index (χ1) is 9.90. The lowest BCUT2D eigenvalue weighted by Crippen LogP contribution is -2.37. The van der Waals surface area contributed by atoms with Gasteiger partial charge >= 0.3 is 11.7 Å². The van der Waals surface area contributed by atoms with E-state index in [-0.39, 0.29) is 18.0 Å². The van der Waals surface area contributed by atoms with Gasteiger partial charge < -0.3 is 10.0 Å². The molecule has 1 aromatic rings. The molecule has 1 N–H and O–H groups in total. The van der Waals surface area contributed by atoms with E-state index in [0.717, 1.165) is 19.4 Å². The monoisotopic (exact) mass is 296 g/mol. The molecule has 0 amide bonds. The average molecular weight is 296 g/mol. The Kier molecular flexibility index (Phi) is 4.44. The van der Waals surface area contributed by atoms with Gasteiger partial charge in [0.1, 0.15) is 5.69 Å². The maximum Gasteiger partial charge on any atom is 0.333 e. The normalized spacial score (nSPS) is 18.8. The molecule has 21 heavy (non-hydrogen) atoms. The molecule has 1 fully saturated rings. The lowest BCUT2D eigenvalue weighted by molar-refractivity contribution is -0.384. The summed E-state index contributed by atoms with van der Waals surface area (Å²) in [6.45, 7) is 3.02. The highest BCUT2D eigenvalue weighted by Gasteiger charge is 2.31. The third kappa shape index (κ3) is 3.32. The molecule has 2 rings (SSSR count). The van der Waals surface area contributed by atoms with Crippen molar-refractivity contribution in [1.82, 2.24) is 9.78 Å². The summed E-state index contributed by atoms with van der Waals surface area (Å²) in [6.07, 6.45) is 2.63. The molecule has 116 valence electrons. The molecule has 0 aromatic carbocycles. The van der Waals surface area contributed by atoms with Gasteiger partial charge in [0, 0.05) is 26.6 Å². The molecule has 1 aliphatic heterocycles. The van der Waals surface area contributed by atoms with Gasteiger partial charge in [0.15, 0.2) is 0 Å². The summed E-state index contributed by atoms with van der Waals surface area (Å²) in [4.78, 5) is 23.5. The van der Waals surface area contributed by atoms with Crippen LogP contribution in [0.2, 0.25) is 0 Å². The van der Waals surface area contributed by atoms with Gasteiger partial charge in [0.2, 0.25) is 5.82 Å². The average Bonchev–Trinajstić information content (AvgIpc) is 2.71. The molecule has 1 aliphatic rings. The summed E-state index contributed by atoms with van der Waals surface area (Å²) in [5.41, 5.74) is 0.460. The van der Waals surface area contributed by atoms with Crippen molar-refractivity contribution in [2.24, 2.45) is 13.0 Å². The van der Waals surface area contributed by atoms with Crippen molar-refractivity contribution in [3.05, 3.63) is 15.8 Å². The van der Waals surface area contributed by atoms with Gasteiger partial charge in [-0.15, -0.1) is 0 Å². The van der Waals surface area contributed by atoms with Crippen LogP contribution < -0.4 is 4.90 Å². The van der Waals surface area contributed by atoms with E-state index in [1.165, 1.54) is 0 Å². The summed E-state index contributed by atoms with van der Waals surface area (Å²) in [6, 6.07) is 0. The van der Waals surface area contributed by atoms with E-state index in [9.17, 15) is 14.9 Å². The predicted molar refractivity (Wildman–Crippen MR) is 76.4 cm³/mol. The maximum atomic E-state index is 11.2. The van der Waals surface area contributed by atoms with E-state index in [2.05, 4.69) is 5.10 Å².